The first kappa shape index (κ1) is 14.5. The smallest absolute Gasteiger partial charge is 0.0618 e. The first-order valence-corrected chi connectivity index (χ1v) is 6.42. The van der Waals surface area contributed by atoms with Crippen LogP contribution in [0, 0.1) is 5.92 Å². The molecule has 2 atom stereocenters. The molecular formula is C14H22ClNO. The maximum atomic E-state index is 5.88. The Kier molecular flexibility index (Phi) is 5.96. The molecular weight excluding hydrogens is 234 g/mol. The molecule has 1 rings (SSSR count). The summed E-state index contributed by atoms with van der Waals surface area (Å²) in [6.45, 7) is 7.29. The van der Waals surface area contributed by atoms with E-state index < -0.39 is 0 Å². The highest BCUT2D eigenvalue weighted by atomic mass is 35.5. The minimum absolute atomic E-state index is 0.301. The summed E-state index contributed by atoms with van der Waals surface area (Å²) in [7, 11) is 1.74. The van der Waals surface area contributed by atoms with Crippen molar-refractivity contribution in [1.29, 1.82) is 0 Å². The average Bonchev–Trinajstić information content (AvgIpc) is 2.29. The van der Waals surface area contributed by atoms with E-state index in [2.05, 4.69) is 38.2 Å². The highest BCUT2D eigenvalue weighted by molar-refractivity contribution is 6.30. The van der Waals surface area contributed by atoms with E-state index in [9.17, 15) is 0 Å². The molecule has 17 heavy (non-hydrogen) atoms. The third-order valence-electron chi connectivity index (χ3n) is 2.99. The fourth-order valence-corrected chi connectivity index (χ4v) is 1.91. The van der Waals surface area contributed by atoms with E-state index in [-0.39, 0.29) is 0 Å². The second-order valence-electron chi connectivity index (χ2n) is 4.75. The van der Waals surface area contributed by atoms with Gasteiger partial charge in [-0.3, -0.25) is 0 Å². The van der Waals surface area contributed by atoms with Crippen LogP contribution < -0.4 is 5.32 Å². The van der Waals surface area contributed by atoms with Crippen LogP contribution in [0.1, 0.15) is 32.4 Å². The Labute approximate surface area is 109 Å². The lowest BCUT2D eigenvalue weighted by atomic mass is 10.0. The van der Waals surface area contributed by atoms with E-state index in [1.54, 1.807) is 7.11 Å². The van der Waals surface area contributed by atoms with Gasteiger partial charge in [0.2, 0.25) is 0 Å². The van der Waals surface area contributed by atoms with Crippen LogP contribution in [-0.2, 0) is 4.74 Å². The first-order chi connectivity index (χ1) is 8.04. The summed E-state index contributed by atoms with van der Waals surface area (Å²) in [5, 5.41) is 4.36. The van der Waals surface area contributed by atoms with Crippen molar-refractivity contribution in [2.45, 2.75) is 32.9 Å². The van der Waals surface area contributed by atoms with Gasteiger partial charge in [-0.1, -0.05) is 37.6 Å². The molecule has 1 aromatic rings. The molecule has 0 aliphatic carbocycles. The van der Waals surface area contributed by atoms with Gasteiger partial charge in [-0.25, -0.2) is 0 Å². The molecule has 0 fully saturated rings. The number of hydrogen-bond acceptors (Lipinski definition) is 2. The van der Waals surface area contributed by atoms with Gasteiger partial charge in [0.1, 0.15) is 0 Å². The summed E-state index contributed by atoms with van der Waals surface area (Å²) in [5.41, 5.74) is 1.25. The lowest BCUT2D eigenvalue weighted by Gasteiger charge is -2.26. The van der Waals surface area contributed by atoms with Crippen molar-refractivity contribution < 1.29 is 4.74 Å². The molecule has 0 amide bonds. The van der Waals surface area contributed by atoms with Gasteiger partial charge in [0.25, 0.3) is 0 Å². The zero-order valence-corrected chi connectivity index (χ0v) is 11.8. The van der Waals surface area contributed by atoms with Gasteiger partial charge in [0, 0.05) is 24.2 Å². The van der Waals surface area contributed by atoms with Crippen molar-refractivity contribution >= 4 is 11.6 Å². The summed E-state index contributed by atoms with van der Waals surface area (Å²) < 4.78 is 5.24. The Bertz CT molecular complexity index is 323. The zero-order valence-electron chi connectivity index (χ0n) is 11.0. The zero-order chi connectivity index (χ0) is 12.8. The lowest BCUT2D eigenvalue weighted by Crippen LogP contribution is -2.39. The SMILES string of the molecule is COCC(NC(C)c1ccc(Cl)cc1)C(C)C. The topological polar surface area (TPSA) is 21.3 Å². The quantitative estimate of drug-likeness (QED) is 0.838. The number of halogens is 1. The molecule has 0 aliphatic rings. The molecule has 3 heteroatoms. The molecule has 0 bridgehead atoms. The minimum atomic E-state index is 0.301. The van der Waals surface area contributed by atoms with Crippen LogP contribution in [-0.4, -0.2) is 19.8 Å². The first-order valence-electron chi connectivity index (χ1n) is 6.05. The number of hydrogen-bond donors (Lipinski definition) is 1. The second kappa shape index (κ2) is 7.00. The maximum Gasteiger partial charge on any atom is 0.0618 e. The normalized spacial score (nSPS) is 14.9. The number of nitrogens with one attached hydrogen (secondary N) is 1. The van der Waals surface area contributed by atoms with Crippen LogP contribution >= 0.6 is 11.6 Å². The van der Waals surface area contributed by atoms with Crippen LogP contribution in [0.4, 0.5) is 0 Å². The van der Waals surface area contributed by atoms with Crippen LogP contribution in [0.25, 0.3) is 0 Å². The van der Waals surface area contributed by atoms with Gasteiger partial charge in [0.15, 0.2) is 0 Å². The highest BCUT2D eigenvalue weighted by Gasteiger charge is 2.16. The van der Waals surface area contributed by atoms with Crippen molar-refractivity contribution in [3.8, 4) is 0 Å². The minimum Gasteiger partial charge on any atom is -0.383 e. The molecule has 2 nitrogen and oxygen atoms in total. The molecule has 0 heterocycles. The Balaban J connectivity index is 2.63. The van der Waals surface area contributed by atoms with E-state index in [1.807, 2.05) is 12.1 Å². The molecule has 0 spiro atoms. The Hall–Kier alpha value is -0.570. The molecule has 0 aromatic heterocycles. The number of methoxy groups -OCH3 is 1. The van der Waals surface area contributed by atoms with Gasteiger partial charge >= 0.3 is 0 Å². The molecule has 0 aliphatic heterocycles. The van der Waals surface area contributed by atoms with Gasteiger partial charge in [-0.2, -0.15) is 0 Å². The lowest BCUT2D eigenvalue weighted by molar-refractivity contribution is 0.141. The fourth-order valence-electron chi connectivity index (χ4n) is 1.78. The maximum absolute atomic E-state index is 5.88. The van der Waals surface area contributed by atoms with E-state index in [4.69, 9.17) is 16.3 Å². The summed E-state index contributed by atoms with van der Waals surface area (Å²) >= 11 is 5.88. The molecule has 1 aromatic carbocycles. The van der Waals surface area contributed by atoms with E-state index in [0.29, 0.717) is 18.0 Å². The van der Waals surface area contributed by atoms with E-state index >= 15 is 0 Å². The molecule has 0 radical (unpaired) electrons. The molecule has 96 valence electrons. The molecule has 1 N–H and O–H groups in total. The third-order valence-corrected chi connectivity index (χ3v) is 3.24. The van der Waals surface area contributed by atoms with Gasteiger partial charge in [-0.05, 0) is 30.5 Å². The number of benzene rings is 1. The largest absolute Gasteiger partial charge is 0.383 e. The molecule has 0 saturated heterocycles. The Morgan fingerprint density at radius 3 is 2.24 bits per heavy atom. The van der Waals surface area contributed by atoms with Crippen LogP contribution in [0.2, 0.25) is 5.02 Å². The summed E-state index contributed by atoms with van der Waals surface area (Å²) in [5.74, 6) is 0.546. The van der Waals surface area contributed by atoms with Crippen LogP contribution in [0.3, 0.4) is 0 Å². The molecule has 0 saturated carbocycles. The molecule has 2 unspecified atom stereocenters. The third kappa shape index (κ3) is 4.66. The average molecular weight is 256 g/mol. The Morgan fingerprint density at radius 2 is 1.76 bits per heavy atom. The standard InChI is InChI=1S/C14H22ClNO/c1-10(2)14(9-17-4)16-11(3)12-5-7-13(15)8-6-12/h5-8,10-11,14,16H,9H2,1-4H3. The summed E-state index contributed by atoms with van der Waals surface area (Å²) in [6.07, 6.45) is 0. The summed E-state index contributed by atoms with van der Waals surface area (Å²) in [4.78, 5) is 0. The highest BCUT2D eigenvalue weighted by Crippen LogP contribution is 2.17. The monoisotopic (exact) mass is 255 g/mol. The van der Waals surface area contributed by atoms with Crippen molar-refractivity contribution in [3.05, 3.63) is 34.9 Å². The van der Waals surface area contributed by atoms with Crippen molar-refractivity contribution in [2.75, 3.05) is 13.7 Å². The van der Waals surface area contributed by atoms with Crippen molar-refractivity contribution in [3.63, 3.8) is 0 Å². The summed E-state index contributed by atoms with van der Waals surface area (Å²) in [6, 6.07) is 8.64. The predicted octanol–water partition coefficient (Wildman–Crippen LogP) is 3.66. The van der Waals surface area contributed by atoms with Gasteiger partial charge in [0.05, 0.1) is 6.61 Å². The van der Waals surface area contributed by atoms with Crippen LogP contribution in [0.5, 0.6) is 0 Å². The fraction of sp³-hybridized carbons (Fsp3) is 0.571. The van der Waals surface area contributed by atoms with Gasteiger partial charge < -0.3 is 10.1 Å². The predicted molar refractivity (Wildman–Crippen MR) is 73.5 cm³/mol. The van der Waals surface area contributed by atoms with Crippen molar-refractivity contribution in [2.24, 2.45) is 5.92 Å². The number of rotatable bonds is 6. The van der Waals surface area contributed by atoms with E-state index in [1.165, 1.54) is 5.56 Å². The Morgan fingerprint density at radius 1 is 1.18 bits per heavy atom. The van der Waals surface area contributed by atoms with E-state index in [0.717, 1.165) is 11.6 Å². The number of ether oxygens (including phenoxy) is 1. The van der Waals surface area contributed by atoms with Crippen molar-refractivity contribution in [1.82, 2.24) is 5.32 Å². The van der Waals surface area contributed by atoms with Crippen LogP contribution in [0.15, 0.2) is 24.3 Å². The second-order valence-corrected chi connectivity index (χ2v) is 5.18. The van der Waals surface area contributed by atoms with Gasteiger partial charge in [-0.15, -0.1) is 0 Å².